The van der Waals surface area contributed by atoms with Crippen molar-refractivity contribution in [1.29, 1.82) is 0 Å². The van der Waals surface area contributed by atoms with Gasteiger partial charge in [-0.05, 0) is 17.5 Å². The van der Waals surface area contributed by atoms with Crippen LogP contribution in [0.5, 0.6) is 5.75 Å². The summed E-state index contributed by atoms with van der Waals surface area (Å²) in [5.41, 5.74) is 4.26. The molecule has 0 spiro atoms. The van der Waals surface area contributed by atoms with Crippen molar-refractivity contribution in [3.05, 3.63) is 18.2 Å². The molecule has 0 saturated carbocycles. The molecule has 0 aliphatic heterocycles. The molecular weight excluding hydrogens is 374 g/mol. The molecule has 0 saturated heterocycles. The van der Waals surface area contributed by atoms with Crippen molar-refractivity contribution in [1.82, 2.24) is 0 Å². The number of esters is 1. The Morgan fingerprint density at radius 3 is 2.12 bits per heavy atom. The van der Waals surface area contributed by atoms with Crippen molar-refractivity contribution in [3.63, 3.8) is 0 Å². The second kappa shape index (κ2) is 7.00. The summed E-state index contributed by atoms with van der Waals surface area (Å²) in [7, 11) is -8.97. The summed E-state index contributed by atoms with van der Waals surface area (Å²) in [6.45, 7) is 5.31. The summed E-state index contributed by atoms with van der Waals surface area (Å²) in [6.07, 6.45) is -0.938. The number of carbonyl (C=O) groups is 2. The van der Waals surface area contributed by atoms with E-state index < -0.39 is 53.0 Å². The minimum absolute atomic E-state index is 0.0367. The number of hydrogen-bond acceptors (Lipinski definition) is 8. The van der Waals surface area contributed by atoms with Gasteiger partial charge in [0.2, 0.25) is 0 Å². The molecule has 1 amide bonds. The van der Waals surface area contributed by atoms with Gasteiger partial charge in [0.15, 0.2) is 15.6 Å². The van der Waals surface area contributed by atoms with Crippen molar-refractivity contribution in [3.8, 4) is 5.75 Å². The van der Waals surface area contributed by atoms with E-state index in [0.29, 0.717) is 0 Å². The van der Waals surface area contributed by atoms with Gasteiger partial charge in [-0.3, -0.25) is 4.79 Å². The Morgan fingerprint density at radius 1 is 1.12 bits per heavy atom. The number of benzene rings is 1. The molecule has 1 rings (SSSR count). The molecule has 0 radical (unpaired) electrons. The molecule has 0 aliphatic rings. The maximum absolute atomic E-state index is 12.0. The highest BCUT2D eigenvalue weighted by molar-refractivity contribution is 7.92. The van der Waals surface area contributed by atoms with Gasteiger partial charge in [-0.2, -0.15) is 8.42 Å². The Balaban J connectivity index is 3.50. The Morgan fingerprint density at radius 2 is 1.68 bits per heavy atom. The molecule has 25 heavy (non-hydrogen) atoms. The van der Waals surface area contributed by atoms with E-state index in [1.807, 2.05) is 0 Å². The Labute approximate surface area is 146 Å². The fourth-order valence-corrected chi connectivity index (χ4v) is 4.43. The molecular formula is C14H19NO8S2. The molecule has 0 fully saturated rings. The van der Waals surface area contributed by atoms with E-state index in [4.69, 9.17) is 4.74 Å². The second-order valence-corrected chi connectivity index (χ2v) is 9.89. The first kappa shape index (κ1) is 20.9. The zero-order valence-corrected chi connectivity index (χ0v) is 15.7. The number of hydrogen-bond donors (Lipinski definition) is 1. The average Bonchev–Trinajstić information content (AvgIpc) is 2.32. The van der Waals surface area contributed by atoms with Crippen molar-refractivity contribution in [2.45, 2.75) is 37.0 Å². The van der Waals surface area contributed by atoms with Crippen LogP contribution in [0.2, 0.25) is 0 Å². The van der Waals surface area contributed by atoms with E-state index in [-0.39, 0.29) is 6.42 Å². The molecule has 140 valence electrons. The predicted octanol–water partition coefficient (Wildman–Crippen LogP) is 1.22. The van der Waals surface area contributed by atoms with Gasteiger partial charge in [-0.15, -0.1) is 0 Å². The molecule has 11 heteroatoms. The van der Waals surface area contributed by atoms with E-state index >= 15 is 0 Å². The van der Waals surface area contributed by atoms with E-state index in [2.05, 4.69) is 9.92 Å². The fourth-order valence-electron chi connectivity index (χ4n) is 1.88. The highest BCUT2D eigenvalue weighted by Gasteiger charge is 2.31. The topological polar surface area (TPSA) is 147 Å². The van der Waals surface area contributed by atoms with Gasteiger partial charge >= 0.3 is 22.2 Å². The molecule has 0 aromatic heterocycles. The molecule has 1 aromatic carbocycles. The van der Waals surface area contributed by atoms with Gasteiger partial charge in [0.1, 0.15) is 9.79 Å². The van der Waals surface area contributed by atoms with E-state index in [1.165, 1.54) is 0 Å². The third-order valence-electron chi connectivity index (χ3n) is 2.67. The molecule has 2 N–H and O–H groups in total. The van der Waals surface area contributed by atoms with E-state index in [0.717, 1.165) is 24.5 Å². The quantitative estimate of drug-likeness (QED) is 0.446. The summed E-state index contributed by atoms with van der Waals surface area (Å²) in [4.78, 5) is 21.1. The number of rotatable bonds is 5. The van der Waals surface area contributed by atoms with Crippen LogP contribution in [-0.2, 0) is 28.9 Å². The number of carbonyl (C=O) groups excluding carboxylic acids is 2. The van der Waals surface area contributed by atoms with Gasteiger partial charge in [-0.25, -0.2) is 13.2 Å². The van der Waals surface area contributed by atoms with E-state index in [9.17, 15) is 26.4 Å². The Kier molecular flexibility index (Phi) is 5.85. The van der Waals surface area contributed by atoms with Gasteiger partial charge < -0.3 is 14.7 Å². The third kappa shape index (κ3) is 6.02. The number of ether oxygens (including phenoxy) is 1. The van der Waals surface area contributed by atoms with Crippen LogP contribution in [0.15, 0.2) is 28.0 Å². The number of nitrogens with two attached hydrogens (primary N) is 1. The fraction of sp³-hybridized carbons (Fsp3) is 0.429. The maximum atomic E-state index is 12.0. The lowest BCUT2D eigenvalue weighted by Crippen LogP contribution is -2.22. The van der Waals surface area contributed by atoms with Crippen LogP contribution in [0.3, 0.4) is 0 Å². The standard InChI is InChI=1S/C14H19NO8S2/c1-14(2,3)8-11(16)22-9-6-5-7-10(12(9)24(4,18)19)25(20,21)23-13(15)17/h5-7H,8H2,1-4H3,(H2,15,17). The first-order chi connectivity index (χ1) is 11.1. The molecule has 0 bridgehead atoms. The van der Waals surface area contributed by atoms with Crippen molar-refractivity contribution >= 4 is 32.0 Å². The van der Waals surface area contributed by atoms with Crippen LogP contribution in [0.1, 0.15) is 27.2 Å². The molecule has 9 nitrogen and oxygen atoms in total. The third-order valence-corrected chi connectivity index (χ3v) is 5.23. The lowest BCUT2D eigenvalue weighted by molar-refractivity contribution is -0.136. The number of amides is 1. The van der Waals surface area contributed by atoms with Crippen LogP contribution >= 0.6 is 0 Å². The summed E-state index contributed by atoms with van der Waals surface area (Å²) < 4.78 is 57.2. The highest BCUT2D eigenvalue weighted by Crippen LogP contribution is 2.32. The molecule has 1 aromatic rings. The van der Waals surface area contributed by atoms with Crippen LogP contribution in [0, 0.1) is 5.41 Å². The van der Waals surface area contributed by atoms with E-state index in [1.54, 1.807) is 20.8 Å². The van der Waals surface area contributed by atoms with Crippen molar-refractivity contribution in [2.24, 2.45) is 11.1 Å². The SMILES string of the molecule is CC(C)(C)CC(=O)Oc1cccc(S(=O)(=O)OC(N)=O)c1S(C)(=O)=O. The minimum Gasteiger partial charge on any atom is -0.425 e. The van der Waals surface area contributed by atoms with Crippen LogP contribution in [-0.4, -0.2) is 35.2 Å². The first-order valence-electron chi connectivity index (χ1n) is 6.91. The smallest absolute Gasteiger partial charge is 0.420 e. The summed E-state index contributed by atoms with van der Waals surface area (Å²) in [5.74, 6) is -1.23. The lowest BCUT2D eigenvalue weighted by Gasteiger charge is -2.18. The van der Waals surface area contributed by atoms with Crippen LogP contribution in [0.25, 0.3) is 0 Å². The number of sulfone groups is 1. The minimum atomic E-state index is -4.81. The normalized spacial score (nSPS) is 12.5. The van der Waals surface area contributed by atoms with Crippen LogP contribution < -0.4 is 10.5 Å². The highest BCUT2D eigenvalue weighted by atomic mass is 32.2. The number of primary amides is 1. The van der Waals surface area contributed by atoms with Gasteiger partial charge in [0, 0.05) is 6.26 Å². The van der Waals surface area contributed by atoms with Gasteiger partial charge in [0.25, 0.3) is 0 Å². The van der Waals surface area contributed by atoms with Crippen LogP contribution in [0.4, 0.5) is 4.79 Å². The predicted molar refractivity (Wildman–Crippen MR) is 87.1 cm³/mol. The summed E-state index contributed by atoms with van der Waals surface area (Å²) in [6, 6.07) is 3.17. The zero-order valence-electron chi connectivity index (χ0n) is 14.1. The van der Waals surface area contributed by atoms with Crippen molar-refractivity contribution < 1.29 is 35.3 Å². The monoisotopic (exact) mass is 393 g/mol. The molecule has 0 aliphatic carbocycles. The maximum Gasteiger partial charge on any atom is 0.420 e. The molecule has 0 unspecified atom stereocenters. The summed E-state index contributed by atoms with van der Waals surface area (Å²) in [5, 5.41) is 0. The van der Waals surface area contributed by atoms with Gasteiger partial charge in [-0.1, -0.05) is 26.8 Å². The average molecular weight is 393 g/mol. The zero-order chi connectivity index (χ0) is 19.6. The lowest BCUT2D eigenvalue weighted by atomic mass is 9.92. The Bertz CT molecular complexity index is 895. The second-order valence-electron chi connectivity index (χ2n) is 6.42. The summed E-state index contributed by atoms with van der Waals surface area (Å²) >= 11 is 0. The Hall–Kier alpha value is -2.14. The molecule has 0 heterocycles. The first-order valence-corrected chi connectivity index (χ1v) is 10.2. The molecule has 0 atom stereocenters. The largest absolute Gasteiger partial charge is 0.425 e. The van der Waals surface area contributed by atoms with Crippen molar-refractivity contribution in [2.75, 3.05) is 6.26 Å². The van der Waals surface area contributed by atoms with Gasteiger partial charge in [0.05, 0.1) is 6.42 Å².